The lowest BCUT2D eigenvalue weighted by Gasteiger charge is -2.05. The first kappa shape index (κ1) is 20.0. The van der Waals surface area contributed by atoms with E-state index in [1.54, 1.807) is 0 Å². The van der Waals surface area contributed by atoms with Crippen molar-refractivity contribution in [3.63, 3.8) is 0 Å². The van der Waals surface area contributed by atoms with Crippen LogP contribution < -0.4 is 0 Å². The summed E-state index contributed by atoms with van der Waals surface area (Å²) in [6, 6.07) is 19.3. The Morgan fingerprint density at radius 3 is 2.43 bits per heavy atom. The number of nitriles is 1. The molecule has 1 aromatic heterocycles. The summed E-state index contributed by atoms with van der Waals surface area (Å²) in [5.41, 5.74) is 6.32. The molecule has 3 aromatic rings. The maximum absolute atomic E-state index is 9.63. The monoisotopic (exact) mass is 386 g/mol. The van der Waals surface area contributed by atoms with E-state index in [9.17, 15) is 5.26 Å². The van der Waals surface area contributed by atoms with Gasteiger partial charge in [0.05, 0.1) is 11.3 Å². The van der Waals surface area contributed by atoms with E-state index in [0.717, 1.165) is 28.2 Å². The molecule has 0 fully saturated rings. The van der Waals surface area contributed by atoms with E-state index in [4.69, 9.17) is 4.98 Å². The maximum atomic E-state index is 9.63. The third-order valence-corrected chi connectivity index (χ3v) is 5.71. The van der Waals surface area contributed by atoms with Crippen LogP contribution in [0.3, 0.4) is 0 Å². The van der Waals surface area contributed by atoms with E-state index in [2.05, 4.69) is 75.4 Å². The number of hydrogen-bond acceptors (Lipinski definition) is 3. The molecule has 0 N–H and O–H groups in total. The minimum atomic E-state index is 0.503. The Bertz CT molecular complexity index is 971. The van der Waals surface area contributed by atoms with Crippen LogP contribution in [0.2, 0.25) is 0 Å². The first-order valence-corrected chi connectivity index (χ1v) is 10.8. The van der Waals surface area contributed by atoms with E-state index in [0.29, 0.717) is 11.5 Å². The highest BCUT2D eigenvalue weighted by molar-refractivity contribution is 7.11. The number of rotatable bonds is 7. The lowest BCUT2D eigenvalue weighted by molar-refractivity contribution is 0.795. The van der Waals surface area contributed by atoms with Gasteiger partial charge in [-0.25, -0.2) is 4.98 Å². The Morgan fingerprint density at radius 1 is 1.11 bits per heavy atom. The van der Waals surface area contributed by atoms with Crippen molar-refractivity contribution in [3.05, 3.63) is 75.6 Å². The number of benzene rings is 2. The number of aromatic nitrogens is 1. The molecule has 3 heteroatoms. The molecule has 3 rings (SSSR count). The number of aryl methyl sites for hydroxylation is 1. The number of hydrogen-bond donors (Lipinski definition) is 0. The van der Waals surface area contributed by atoms with Gasteiger partial charge in [0.15, 0.2) is 0 Å². The predicted octanol–water partition coefficient (Wildman–Crippen LogP) is 7.34. The van der Waals surface area contributed by atoms with Crippen molar-refractivity contribution in [1.29, 1.82) is 5.26 Å². The second-order valence-corrected chi connectivity index (χ2v) is 8.19. The van der Waals surface area contributed by atoms with E-state index in [1.165, 1.54) is 35.3 Å². The zero-order valence-electron chi connectivity index (χ0n) is 16.8. The number of nitrogens with zero attached hydrogens (tertiary/aromatic N) is 2. The van der Waals surface area contributed by atoms with Crippen molar-refractivity contribution >= 4 is 23.0 Å². The summed E-state index contributed by atoms with van der Waals surface area (Å²) in [7, 11) is 0. The quantitative estimate of drug-likeness (QED) is 0.398. The molecule has 2 aromatic carbocycles. The van der Waals surface area contributed by atoms with Gasteiger partial charge in [-0.05, 0) is 41.5 Å². The number of thiazole rings is 1. The second-order valence-electron chi connectivity index (χ2n) is 7.33. The topological polar surface area (TPSA) is 36.7 Å². The molecule has 28 heavy (non-hydrogen) atoms. The molecule has 142 valence electrons. The fraction of sp³-hybridized carbons (Fsp3) is 0.280. The van der Waals surface area contributed by atoms with Crippen LogP contribution in [0.1, 0.15) is 61.2 Å². The molecule has 0 aliphatic rings. The first-order valence-electron chi connectivity index (χ1n) is 9.87. The van der Waals surface area contributed by atoms with Gasteiger partial charge in [-0.15, -0.1) is 11.3 Å². The van der Waals surface area contributed by atoms with E-state index >= 15 is 0 Å². The van der Waals surface area contributed by atoms with Crippen molar-refractivity contribution < 1.29 is 0 Å². The summed E-state index contributed by atoms with van der Waals surface area (Å²) in [5, 5.41) is 12.4. The fourth-order valence-electron chi connectivity index (χ4n) is 3.04. The minimum Gasteiger partial charge on any atom is -0.235 e. The van der Waals surface area contributed by atoms with Gasteiger partial charge in [0.25, 0.3) is 0 Å². The van der Waals surface area contributed by atoms with Crippen LogP contribution in [-0.2, 0) is 6.42 Å². The molecule has 0 saturated carbocycles. The van der Waals surface area contributed by atoms with Crippen molar-refractivity contribution in [1.82, 2.24) is 4.98 Å². The predicted molar refractivity (Wildman–Crippen MR) is 120 cm³/mol. The SMILES string of the molecule is CCCCc1ccc(-c2csc(/C(C#N)=C\c3ccc(C(C)C)cc3)n2)cc1. The Balaban J connectivity index is 1.80. The average Bonchev–Trinajstić information content (AvgIpc) is 3.21. The standard InChI is InChI=1S/C25H26N2S/c1-4-5-6-19-7-13-22(14-8-19)24-17-28-25(27-24)23(16-26)15-20-9-11-21(12-10-20)18(2)3/h7-15,17-18H,4-6H2,1-3H3/b23-15-. The largest absolute Gasteiger partial charge is 0.235 e. The van der Waals surface area contributed by atoms with Crippen molar-refractivity contribution in [2.45, 2.75) is 46.0 Å². The molecule has 0 unspecified atom stereocenters. The number of allylic oxidation sites excluding steroid dienone is 1. The maximum Gasteiger partial charge on any atom is 0.134 e. The molecule has 0 bridgehead atoms. The van der Waals surface area contributed by atoms with Crippen LogP contribution in [0.4, 0.5) is 0 Å². The van der Waals surface area contributed by atoms with Gasteiger partial charge in [0, 0.05) is 10.9 Å². The van der Waals surface area contributed by atoms with Gasteiger partial charge in [-0.2, -0.15) is 5.26 Å². The molecule has 0 saturated heterocycles. The van der Waals surface area contributed by atoms with Gasteiger partial charge in [-0.3, -0.25) is 0 Å². The molecule has 0 atom stereocenters. The third-order valence-electron chi connectivity index (χ3n) is 4.84. The van der Waals surface area contributed by atoms with Crippen LogP contribution in [-0.4, -0.2) is 4.98 Å². The highest BCUT2D eigenvalue weighted by Crippen LogP contribution is 2.28. The van der Waals surface area contributed by atoms with Gasteiger partial charge in [-0.1, -0.05) is 75.7 Å². The lowest BCUT2D eigenvalue weighted by Crippen LogP contribution is -1.87. The summed E-state index contributed by atoms with van der Waals surface area (Å²) in [6.45, 7) is 6.57. The molecule has 0 radical (unpaired) electrons. The van der Waals surface area contributed by atoms with Gasteiger partial charge in [0.2, 0.25) is 0 Å². The minimum absolute atomic E-state index is 0.503. The van der Waals surface area contributed by atoms with Crippen LogP contribution in [0, 0.1) is 11.3 Å². The van der Waals surface area contributed by atoms with Gasteiger partial charge in [0.1, 0.15) is 11.1 Å². The number of unbranched alkanes of at least 4 members (excludes halogenated alkanes) is 1. The molecule has 0 amide bonds. The highest BCUT2D eigenvalue weighted by atomic mass is 32.1. The summed E-state index contributed by atoms with van der Waals surface area (Å²) < 4.78 is 0. The third kappa shape index (κ3) is 4.97. The summed E-state index contributed by atoms with van der Waals surface area (Å²) in [5.74, 6) is 0.503. The summed E-state index contributed by atoms with van der Waals surface area (Å²) in [4.78, 5) is 4.71. The van der Waals surface area contributed by atoms with E-state index in [-0.39, 0.29) is 0 Å². The molecular weight excluding hydrogens is 360 g/mol. The van der Waals surface area contributed by atoms with Gasteiger partial charge >= 0.3 is 0 Å². The van der Waals surface area contributed by atoms with Crippen LogP contribution >= 0.6 is 11.3 Å². The summed E-state index contributed by atoms with van der Waals surface area (Å²) in [6.07, 6.45) is 5.46. The smallest absolute Gasteiger partial charge is 0.134 e. The van der Waals surface area contributed by atoms with Crippen LogP contribution in [0.25, 0.3) is 22.9 Å². The average molecular weight is 387 g/mol. The van der Waals surface area contributed by atoms with Crippen LogP contribution in [0.5, 0.6) is 0 Å². The molecule has 0 aliphatic carbocycles. The fourth-order valence-corrected chi connectivity index (χ4v) is 3.83. The Kier molecular flexibility index (Phi) is 6.79. The Morgan fingerprint density at radius 2 is 1.82 bits per heavy atom. The molecule has 2 nitrogen and oxygen atoms in total. The Labute approximate surface area is 172 Å². The van der Waals surface area contributed by atoms with Crippen LogP contribution in [0.15, 0.2) is 53.9 Å². The van der Waals surface area contributed by atoms with E-state index < -0.39 is 0 Å². The zero-order chi connectivity index (χ0) is 19.9. The molecular formula is C25H26N2S. The molecule has 0 spiro atoms. The van der Waals surface area contributed by atoms with Gasteiger partial charge < -0.3 is 0 Å². The zero-order valence-corrected chi connectivity index (χ0v) is 17.6. The highest BCUT2D eigenvalue weighted by Gasteiger charge is 2.09. The summed E-state index contributed by atoms with van der Waals surface area (Å²) >= 11 is 1.52. The van der Waals surface area contributed by atoms with Crippen molar-refractivity contribution in [3.8, 4) is 17.3 Å². The second kappa shape index (κ2) is 9.48. The van der Waals surface area contributed by atoms with Crippen molar-refractivity contribution in [2.75, 3.05) is 0 Å². The lowest BCUT2D eigenvalue weighted by atomic mass is 10.0. The first-order chi connectivity index (χ1) is 13.6. The Hall–Kier alpha value is -2.70. The molecule has 0 aliphatic heterocycles. The van der Waals surface area contributed by atoms with E-state index in [1.807, 2.05) is 11.5 Å². The molecule has 1 heterocycles. The van der Waals surface area contributed by atoms with Crippen molar-refractivity contribution in [2.24, 2.45) is 0 Å². The normalized spacial score (nSPS) is 11.6.